The van der Waals surface area contributed by atoms with E-state index in [1.165, 1.54) is 6.08 Å². The van der Waals surface area contributed by atoms with Crippen molar-refractivity contribution < 1.29 is 33.8 Å². The first-order chi connectivity index (χ1) is 16.7. The van der Waals surface area contributed by atoms with E-state index in [1.807, 2.05) is 12.1 Å². The summed E-state index contributed by atoms with van der Waals surface area (Å²) in [6, 6.07) is 12.2. The Kier molecular flexibility index (Phi) is 8.53. The first kappa shape index (κ1) is 25.8. The molecule has 0 saturated carbocycles. The van der Waals surface area contributed by atoms with Crippen LogP contribution in [0.15, 0.2) is 47.4 Å². The number of carboxylic acid groups (broad SMARTS) is 1. The predicted molar refractivity (Wildman–Crippen MR) is 133 cm³/mol. The molecule has 1 aliphatic heterocycles. The first-order valence-electron chi connectivity index (χ1n) is 10.9. The molecule has 3 amide bonds. The van der Waals surface area contributed by atoms with Crippen molar-refractivity contribution in [1.29, 1.82) is 0 Å². The molecule has 0 spiro atoms. The third kappa shape index (κ3) is 6.63. The normalized spacial score (nSPS) is 14.5. The molecular formula is C25H26N2O7S. The number of anilines is 1. The molecule has 1 fully saturated rings. The highest BCUT2D eigenvalue weighted by Crippen LogP contribution is 2.37. The maximum absolute atomic E-state index is 12.9. The van der Waals surface area contributed by atoms with Crippen LogP contribution >= 0.6 is 11.8 Å². The van der Waals surface area contributed by atoms with Gasteiger partial charge in [0, 0.05) is 11.3 Å². The van der Waals surface area contributed by atoms with Gasteiger partial charge >= 0.3 is 5.97 Å². The second kappa shape index (κ2) is 11.6. The van der Waals surface area contributed by atoms with Crippen LogP contribution in [0.4, 0.5) is 10.5 Å². The number of aliphatic carboxylic acids is 1. The van der Waals surface area contributed by atoms with Crippen LogP contribution in [0.5, 0.6) is 11.5 Å². The number of para-hydroxylation sites is 1. The zero-order valence-electron chi connectivity index (χ0n) is 19.6. The van der Waals surface area contributed by atoms with Crippen molar-refractivity contribution in [3.63, 3.8) is 0 Å². The molecule has 9 nitrogen and oxygen atoms in total. The summed E-state index contributed by atoms with van der Waals surface area (Å²) in [4.78, 5) is 49.8. The molecule has 184 valence electrons. The summed E-state index contributed by atoms with van der Waals surface area (Å²) >= 11 is 0.688. The molecular weight excluding hydrogens is 472 g/mol. The number of nitrogens with zero attached hydrogens (tertiary/aromatic N) is 1. The number of ether oxygens (including phenoxy) is 2. The van der Waals surface area contributed by atoms with Crippen LogP contribution in [0.3, 0.4) is 0 Å². The van der Waals surface area contributed by atoms with E-state index in [2.05, 4.69) is 19.2 Å². The van der Waals surface area contributed by atoms with Gasteiger partial charge in [-0.3, -0.25) is 19.3 Å². The lowest BCUT2D eigenvalue weighted by atomic mass is 10.0. The smallest absolute Gasteiger partial charge is 0.341 e. The molecule has 0 aliphatic carbocycles. The van der Waals surface area contributed by atoms with Gasteiger partial charge in [-0.25, -0.2) is 4.79 Å². The highest BCUT2D eigenvalue weighted by Gasteiger charge is 2.36. The lowest BCUT2D eigenvalue weighted by Crippen LogP contribution is -2.36. The Labute approximate surface area is 207 Å². The predicted octanol–water partition coefficient (Wildman–Crippen LogP) is 4.35. The summed E-state index contributed by atoms with van der Waals surface area (Å²) in [5.41, 5.74) is 2.06. The fraction of sp³-hybridized carbons (Fsp3) is 0.280. The Morgan fingerprint density at radius 3 is 2.46 bits per heavy atom. The Bertz CT molecular complexity index is 1160. The topological polar surface area (TPSA) is 122 Å². The molecule has 1 heterocycles. The van der Waals surface area contributed by atoms with Crippen LogP contribution in [0.2, 0.25) is 0 Å². The van der Waals surface area contributed by atoms with Crippen molar-refractivity contribution >= 4 is 46.5 Å². The van der Waals surface area contributed by atoms with Crippen LogP contribution in [-0.4, -0.2) is 52.8 Å². The molecule has 2 aromatic rings. The number of benzene rings is 2. The minimum atomic E-state index is -1.17. The van der Waals surface area contributed by atoms with Gasteiger partial charge in [0.15, 0.2) is 18.1 Å². The van der Waals surface area contributed by atoms with Gasteiger partial charge in [0.2, 0.25) is 5.91 Å². The molecule has 1 saturated heterocycles. The van der Waals surface area contributed by atoms with E-state index in [1.54, 1.807) is 37.3 Å². The van der Waals surface area contributed by atoms with Crippen LogP contribution in [0.1, 0.15) is 37.8 Å². The molecule has 2 N–H and O–H groups in total. The minimum absolute atomic E-state index is 0.0814. The molecule has 0 atom stereocenters. The van der Waals surface area contributed by atoms with Crippen LogP contribution in [-0.2, 0) is 14.4 Å². The lowest BCUT2D eigenvalue weighted by molar-refractivity contribution is -0.139. The van der Waals surface area contributed by atoms with Gasteiger partial charge in [-0.15, -0.1) is 0 Å². The van der Waals surface area contributed by atoms with Crippen LogP contribution in [0, 0.1) is 0 Å². The van der Waals surface area contributed by atoms with E-state index in [0.717, 1.165) is 10.5 Å². The summed E-state index contributed by atoms with van der Waals surface area (Å²) < 4.78 is 10.9. The third-order valence-electron chi connectivity index (χ3n) is 4.97. The van der Waals surface area contributed by atoms with Crippen LogP contribution < -0.4 is 14.8 Å². The number of nitrogens with one attached hydrogen (secondary N) is 1. The maximum atomic E-state index is 12.9. The number of carboxylic acids is 1. The second-order valence-corrected chi connectivity index (χ2v) is 8.88. The number of carbonyl (C=O) groups is 4. The van der Waals surface area contributed by atoms with Crippen LogP contribution in [0.25, 0.3) is 6.08 Å². The largest absolute Gasteiger partial charge is 0.490 e. The summed E-state index contributed by atoms with van der Waals surface area (Å²) in [7, 11) is 0. The minimum Gasteiger partial charge on any atom is -0.490 e. The first-order valence-corrected chi connectivity index (χ1v) is 11.8. The van der Waals surface area contributed by atoms with E-state index in [4.69, 9.17) is 14.6 Å². The SMILES string of the molecule is CCOc1cccc(/C=C2\SC(=O)N(CC(=O)Nc3ccc(C(C)C)cc3)C2=O)c1OCC(=O)O. The molecule has 0 radical (unpaired) electrons. The fourth-order valence-electron chi connectivity index (χ4n) is 3.28. The standard InChI is InChI=1S/C25H26N2O7S/c1-4-33-19-7-5-6-17(23(19)34-14-22(29)30)12-20-24(31)27(25(32)35-20)13-21(28)26-18-10-8-16(9-11-18)15(2)3/h5-12,15H,4,13-14H2,1-3H3,(H,26,28)(H,29,30)/b20-12-. The zero-order chi connectivity index (χ0) is 25.5. The summed E-state index contributed by atoms with van der Waals surface area (Å²) in [6.07, 6.45) is 1.42. The molecule has 2 aromatic carbocycles. The van der Waals surface area contributed by atoms with Crippen molar-refractivity contribution in [2.45, 2.75) is 26.7 Å². The second-order valence-electron chi connectivity index (χ2n) is 7.88. The van der Waals surface area contributed by atoms with Crippen molar-refractivity contribution in [3.8, 4) is 11.5 Å². The number of rotatable bonds is 10. The molecule has 0 bridgehead atoms. The van der Waals surface area contributed by atoms with Gasteiger partial charge in [-0.1, -0.05) is 38.1 Å². The lowest BCUT2D eigenvalue weighted by Gasteiger charge is -2.14. The van der Waals surface area contributed by atoms with E-state index in [-0.39, 0.29) is 10.7 Å². The number of carbonyl (C=O) groups excluding carboxylic acids is 3. The highest BCUT2D eigenvalue weighted by molar-refractivity contribution is 8.18. The molecule has 1 aliphatic rings. The molecule has 0 aromatic heterocycles. The Balaban J connectivity index is 1.75. The number of amides is 3. The average Bonchev–Trinajstić information content (AvgIpc) is 3.06. The molecule has 3 rings (SSSR count). The van der Waals surface area contributed by atoms with E-state index in [9.17, 15) is 19.2 Å². The van der Waals surface area contributed by atoms with Gasteiger partial charge < -0.3 is 19.9 Å². The van der Waals surface area contributed by atoms with Gasteiger partial charge in [0.1, 0.15) is 6.54 Å². The van der Waals surface area contributed by atoms with Gasteiger partial charge in [-0.2, -0.15) is 0 Å². The van der Waals surface area contributed by atoms with Crippen molar-refractivity contribution in [2.75, 3.05) is 25.1 Å². The number of hydrogen-bond acceptors (Lipinski definition) is 7. The van der Waals surface area contributed by atoms with E-state index < -0.39 is 36.2 Å². The fourth-order valence-corrected chi connectivity index (χ4v) is 4.11. The third-order valence-corrected chi connectivity index (χ3v) is 5.88. The Morgan fingerprint density at radius 2 is 1.83 bits per heavy atom. The van der Waals surface area contributed by atoms with Crippen molar-refractivity contribution in [3.05, 3.63) is 58.5 Å². The Morgan fingerprint density at radius 1 is 1.11 bits per heavy atom. The summed E-state index contributed by atoms with van der Waals surface area (Å²) in [5, 5.41) is 11.1. The van der Waals surface area contributed by atoms with Gasteiger partial charge in [0.25, 0.3) is 11.1 Å². The van der Waals surface area contributed by atoms with Crippen molar-refractivity contribution in [2.24, 2.45) is 0 Å². The Hall–Kier alpha value is -3.79. The van der Waals surface area contributed by atoms with Gasteiger partial charge in [0.05, 0.1) is 11.5 Å². The highest BCUT2D eigenvalue weighted by atomic mass is 32.2. The number of thioether (sulfide) groups is 1. The number of hydrogen-bond donors (Lipinski definition) is 2. The summed E-state index contributed by atoms with van der Waals surface area (Å²) in [5.74, 6) is -1.50. The molecule has 0 unspecified atom stereocenters. The van der Waals surface area contributed by atoms with E-state index in [0.29, 0.717) is 41.3 Å². The van der Waals surface area contributed by atoms with Crippen molar-refractivity contribution in [1.82, 2.24) is 4.90 Å². The summed E-state index contributed by atoms with van der Waals surface area (Å²) in [6.45, 7) is 5.17. The maximum Gasteiger partial charge on any atom is 0.341 e. The molecule has 35 heavy (non-hydrogen) atoms. The average molecular weight is 499 g/mol. The van der Waals surface area contributed by atoms with E-state index >= 15 is 0 Å². The molecule has 10 heteroatoms. The van der Waals surface area contributed by atoms with Gasteiger partial charge in [-0.05, 0) is 54.4 Å². The zero-order valence-corrected chi connectivity index (χ0v) is 20.4. The monoisotopic (exact) mass is 498 g/mol. The number of imide groups is 1. The quantitative estimate of drug-likeness (QED) is 0.464.